The van der Waals surface area contributed by atoms with E-state index in [0.29, 0.717) is 23.8 Å². The number of methoxy groups -OCH3 is 1. The molecule has 0 heterocycles. The smallest absolute Gasteiger partial charge is 0.248 e. The number of carbonyl (C=O) groups excluding carboxylic acids is 1. The fourth-order valence-electron chi connectivity index (χ4n) is 2.36. The summed E-state index contributed by atoms with van der Waals surface area (Å²) in [5.74, 6) is 1.91. The Morgan fingerprint density at radius 3 is 2.48 bits per heavy atom. The van der Waals surface area contributed by atoms with Gasteiger partial charge in [-0.1, -0.05) is 13.0 Å². The molecule has 0 saturated carbocycles. The normalized spacial score (nSPS) is 10.9. The molecule has 1 N–H and O–H groups in total. The maximum absolute atomic E-state index is 12.1. The van der Waals surface area contributed by atoms with E-state index in [1.54, 1.807) is 13.2 Å². The van der Waals surface area contributed by atoms with E-state index in [4.69, 9.17) is 14.2 Å². The first-order valence-corrected chi connectivity index (χ1v) is 9.08. The van der Waals surface area contributed by atoms with Crippen LogP contribution in [0.4, 0.5) is 5.69 Å². The SMILES string of the molecule is CCCOc1ccc(C=CC(=O)Nc2ccc(OC(C)C)cc2)cc1OC. The van der Waals surface area contributed by atoms with Gasteiger partial charge in [0.1, 0.15) is 5.75 Å². The molecule has 2 aromatic rings. The van der Waals surface area contributed by atoms with Gasteiger partial charge in [0.05, 0.1) is 19.8 Å². The van der Waals surface area contributed by atoms with E-state index in [9.17, 15) is 4.79 Å². The lowest BCUT2D eigenvalue weighted by Gasteiger charge is -2.10. The molecular formula is C22H27NO4. The van der Waals surface area contributed by atoms with Crippen molar-refractivity contribution < 1.29 is 19.0 Å². The Labute approximate surface area is 161 Å². The average molecular weight is 369 g/mol. The van der Waals surface area contributed by atoms with Gasteiger partial charge in [-0.2, -0.15) is 0 Å². The fraction of sp³-hybridized carbons (Fsp3) is 0.318. The van der Waals surface area contributed by atoms with Crippen LogP contribution in [0.15, 0.2) is 48.5 Å². The van der Waals surface area contributed by atoms with Gasteiger partial charge in [-0.05, 0) is 68.3 Å². The third kappa shape index (κ3) is 6.70. The molecule has 0 spiro atoms. The van der Waals surface area contributed by atoms with Gasteiger partial charge in [-0.25, -0.2) is 0 Å². The topological polar surface area (TPSA) is 56.8 Å². The highest BCUT2D eigenvalue weighted by Crippen LogP contribution is 2.28. The first kappa shape index (κ1) is 20.4. The molecule has 27 heavy (non-hydrogen) atoms. The van der Waals surface area contributed by atoms with Crippen molar-refractivity contribution in [1.29, 1.82) is 0 Å². The first-order chi connectivity index (χ1) is 13.0. The molecule has 0 aliphatic rings. The molecule has 5 heteroatoms. The van der Waals surface area contributed by atoms with Crippen LogP contribution in [0.25, 0.3) is 6.08 Å². The van der Waals surface area contributed by atoms with Gasteiger partial charge >= 0.3 is 0 Å². The number of carbonyl (C=O) groups is 1. The maximum atomic E-state index is 12.1. The standard InChI is InChI=1S/C22H27NO4/c1-5-14-26-20-12-6-17(15-21(20)25-4)7-13-22(24)23-18-8-10-19(11-9-18)27-16(2)3/h6-13,15-16H,5,14H2,1-4H3,(H,23,24). The van der Waals surface area contributed by atoms with Crippen molar-refractivity contribution in [3.63, 3.8) is 0 Å². The summed E-state index contributed by atoms with van der Waals surface area (Å²) in [6, 6.07) is 12.9. The molecule has 0 fully saturated rings. The zero-order valence-corrected chi connectivity index (χ0v) is 16.3. The van der Waals surface area contributed by atoms with E-state index in [2.05, 4.69) is 5.32 Å². The Hall–Kier alpha value is -2.95. The second-order valence-corrected chi connectivity index (χ2v) is 6.27. The van der Waals surface area contributed by atoms with Crippen molar-refractivity contribution in [3.05, 3.63) is 54.1 Å². The van der Waals surface area contributed by atoms with Crippen molar-refractivity contribution >= 4 is 17.7 Å². The molecule has 0 radical (unpaired) electrons. The number of anilines is 1. The highest BCUT2D eigenvalue weighted by molar-refractivity contribution is 6.01. The van der Waals surface area contributed by atoms with Crippen LogP contribution < -0.4 is 19.5 Å². The summed E-state index contributed by atoms with van der Waals surface area (Å²) in [4.78, 5) is 12.1. The number of ether oxygens (including phenoxy) is 3. The first-order valence-electron chi connectivity index (χ1n) is 9.08. The van der Waals surface area contributed by atoms with Crippen molar-refractivity contribution in [2.24, 2.45) is 0 Å². The molecule has 0 aromatic heterocycles. The number of hydrogen-bond donors (Lipinski definition) is 1. The quantitative estimate of drug-likeness (QED) is 0.637. The van der Waals surface area contributed by atoms with Gasteiger partial charge in [-0.15, -0.1) is 0 Å². The summed E-state index contributed by atoms with van der Waals surface area (Å²) in [5.41, 5.74) is 1.56. The summed E-state index contributed by atoms with van der Waals surface area (Å²) in [5, 5.41) is 2.82. The minimum Gasteiger partial charge on any atom is -0.493 e. The van der Waals surface area contributed by atoms with Gasteiger partial charge in [-0.3, -0.25) is 4.79 Å². The van der Waals surface area contributed by atoms with Crippen molar-refractivity contribution in [2.75, 3.05) is 19.0 Å². The van der Waals surface area contributed by atoms with Gasteiger partial charge in [0, 0.05) is 11.8 Å². The third-order valence-electron chi connectivity index (χ3n) is 3.57. The van der Waals surface area contributed by atoms with E-state index in [0.717, 1.165) is 17.7 Å². The summed E-state index contributed by atoms with van der Waals surface area (Å²) < 4.78 is 16.6. The lowest BCUT2D eigenvalue weighted by atomic mass is 10.2. The summed E-state index contributed by atoms with van der Waals surface area (Å²) in [6.07, 6.45) is 4.26. The number of nitrogens with one attached hydrogen (secondary N) is 1. The Bertz CT molecular complexity index is 766. The van der Waals surface area contributed by atoms with Crippen molar-refractivity contribution in [2.45, 2.75) is 33.3 Å². The lowest BCUT2D eigenvalue weighted by Crippen LogP contribution is -2.08. The summed E-state index contributed by atoms with van der Waals surface area (Å²) in [7, 11) is 1.60. The Morgan fingerprint density at radius 1 is 1.11 bits per heavy atom. The molecule has 1 amide bonds. The Balaban J connectivity index is 1.97. The highest BCUT2D eigenvalue weighted by atomic mass is 16.5. The average Bonchev–Trinajstić information content (AvgIpc) is 2.66. The van der Waals surface area contributed by atoms with Crippen molar-refractivity contribution in [3.8, 4) is 17.2 Å². The van der Waals surface area contributed by atoms with Crippen LogP contribution in [-0.2, 0) is 4.79 Å². The van der Waals surface area contributed by atoms with Crippen LogP contribution in [0.1, 0.15) is 32.8 Å². The molecule has 2 aromatic carbocycles. The fourth-order valence-corrected chi connectivity index (χ4v) is 2.36. The second-order valence-electron chi connectivity index (χ2n) is 6.27. The maximum Gasteiger partial charge on any atom is 0.248 e. The molecule has 0 unspecified atom stereocenters. The van der Waals surface area contributed by atoms with Crippen LogP contribution in [0, 0.1) is 0 Å². The van der Waals surface area contributed by atoms with Crippen LogP contribution in [-0.4, -0.2) is 25.7 Å². The van der Waals surface area contributed by atoms with Crippen molar-refractivity contribution in [1.82, 2.24) is 0 Å². The van der Waals surface area contributed by atoms with E-state index in [1.165, 1.54) is 6.08 Å². The summed E-state index contributed by atoms with van der Waals surface area (Å²) >= 11 is 0. The van der Waals surface area contributed by atoms with Gasteiger partial charge in [0.25, 0.3) is 0 Å². The lowest BCUT2D eigenvalue weighted by molar-refractivity contribution is -0.111. The van der Waals surface area contributed by atoms with Gasteiger partial charge in [0.2, 0.25) is 5.91 Å². The third-order valence-corrected chi connectivity index (χ3v) is 3.57. The molecule has 2 rings (SSSR count). The van der Waals surface area contributed by atoms with E-state index in [-0.39, 0.29) is 12.0 Å². The van der Waals surface area contributed by atoms with Gasteiger partial charge in [0.15, 0.2) is 11.5 Å². The molecule has 0 atom stereocenters. The largest absolute Gasteiger partial charge is 0.493 e. The van der Waals surface area contributed by atoms with Gasteiger partial charge < -0.3 is 19.5 Å². The predicted octanol–water partition coefficient (Wildman–Crippen LogP) is 4.92. The number of hydrogen-bond acceptors (Lipinski definition) is 4. The molecule has 0 saturated heterocycles. The molecule has 0 aliphatic carbocycles. The molecule has 0 aliphatic heterocycles. The molecule has 144 valence electrons. The van der Waals surface area contributed by atoms with Crippen LogP contribution in [0.2, 0.25) is 0 Å². The minimum absolute atomic E-state index is 0.115. The van der Waals surface area contributed by atoms with Crippen LogP contribution >= 0.6 is 0 Å². The molecule has 5 nitrogen and oxygen atoms in total. The Kier molecular flexibility index (Phi) is 7.74. The zero-order chi connectivity index (χ0) is 19.6. The molecular weight excluding hydrogens is 342 g/mol. The Morgan fingerprint density at radius 2 is 1.85 bits per heavy atom. The molecule has 0 bridgehead atoms. The van der Waals surface area contributed by atoms with E-state index >= 15 is 0 Å². The predicted molar refractivity (Wildman–Crippen MR) is 109 cm³/mol. The van der Waals surface area contributed by atoms with Crippen LogP contribution in [0.3, 0.4) is 0 Å². The second kappa shape index (κ2) is 10.3. The van der Waals surface area contributed by atoms with E-state index < -0.39 is 0 Å². The minimum atomic E-state index is -0.210. The summed E-state index contributed by atoms with van der Waals surface area (Å²) in [6.45, 7) is 6.62. The van der Waals surface area contributed by atoms with Crippen LogP contribution in [0.5, 0.6) is 17.2 Å². The highest BCUT2D eigenvalue weighted by Gasteiger charge is 2.05. The number of amides is 1. The van der Waals surface area contributed by atoms with E-state index in [1.807, 2.05) is 63.2 Å². The zero-order valence-electron chi connectivity index (χ0n) is 16.3. The number of rotatable bonds is 9. The number of benzene rings is 2. The monoisotopic (exact) mass is 369 g/mol.